The summed E-state index contributed by atoms with van der Waals surface area (Å²) < 4.78 is 0. The van der Waals surface area contributed by atoms with Gasteiger partial charge in [0.15, 0.2) is 5.13 Å². The minimum absolute atomic E-state index is 0.117. The highest BCUT2D eigenvalue weighted by molar-refractivity contribution is 7.15. The van der Waals surface area contributed by atoms with Gasteiger partial charge in [0.2, 0.25) is 0 Å². The minimum Gasteiger partial charge on any atom is -0.346 e. The van der Waals surface area contributed by atoms with Crippen molar-refractivity contribution in [1.29, 1.82) is 0 Å². The molecule has 0 unspecified atom stereocenters. The molecule has 0 radical (unpaired) electrons. The van der Waals surface area contributed by atoms with E-state index in [1.54, 1.807) is 0 Å². The normalized spacial score (nSPS) is 17.8. The Balaban J connectivity index is 2.17. The minimum atomic E-state index is 0.117. The van der Waals surface area contributed by atoms with Crippen molar-refractivity contribution in [2.24, 2.45) is 0 Å². The van der Waals surface area contributed by atoms with Crippen LogP contribution in [-0.4, -0.2) is 49.7 Å². The lowest BCUT2D eigenvalue weighted by Gasteiger charge is -2.33. The first-order valence-corrected chi connectivity index (χ1v) is 8.39. The van der Waals surface area contributed by atoms with Crippen LogP contribution in [0.25, 0.3) is 0 Å². The Morgan fingerprint density at radius 3 is 2.35 bits per heavy atom. The molecular weight excluding hydrogens is 268 g/mol. The Kier molecular flexibility index (Phi) is 5.04. The predicted molar refractivity (Wildman–Crippen MR) is 87.9 cm³/mol. The van der Waals surface area contributed by atoms with E-state index in [4.69, 9.17) is 4.98 Å². The molecule has 1 aliphatic heterocycles. The van der Waals surface area contributed by atoms with Crippen LogP contribution in [0.1, 0.15) is 38.3 Å². The van der Waals surface area contributed by atoms with E-state index < -0.39 is 0 Å². The van der Waals surface area contributed by atoms with E-state index in [0.717, 1.165) is 39.3 Å². The Hall–Kier alpha value is -0.650. The molecule has 1 aliphatic rings. The van der Waals surface area contributed by atoms with Crippen molar-refractivity contribution in [3.8, 4) is 0 Å². The molecule has 0 atom stereocenters. The van der Waals surface area contributed by atoms with Gasteiger partial charge in [0.25, 0.3) is 0 Å². The number of nitrogens with zero attached hydrogens (tertiary/aromatic N) is 3. The molecule has 0 saturated carbocycles. The summed E-state index contributed by atoms with van der Waals surface area (Å²) in [5, 5.41) is 4.48. The van der Waals surface area contributed by atoms with Crippen molar-refractivity contribution in [1.82, 2.24) is 15.2 Å². The smallest absolute Gasteiger partial charge is 0.185 e. The Morgan fingerprint density at radius 2 is 1.85 bits per heavy atom. The third-order valence-corrected chi connectivity index (χ3v) is 4.94. The standard InChI is InChI=1S/C15H28N4S/c1-6-18-7-9-19(10-8-18)14-17-13(15(2,3)4)12(20-14)11-16-5/h16H,6-11H2,1-5H3. The number of aromatic nitrogens is 1. The Morgan fingerprint density at radius 1 is 1.20 bits per heavy atom. The monoisotopic (exact) mass is 296 g/mol. The number of anilines is 1. The summed E-state index contributed by atoms with van der Waals surface area (Å²) in [6.45, 7) is 15.6. The van der Waals surface area contributed by atoms with Gasteiger partial charge >= 0.3 is 0 Å². The fourth-order valence-corrected chi connectivity index (χ4v) is 3.93. The van der Waals surface area contributed by atoms with Crippen LogP contribution in [-0.2, 0) is 12.0 Å². The first kappa shape index (κ1) is 15.7. The van der Waals surface area contributed by atoms with Crippen molar-refractivity contribution < 1.29 is 0 Å². The van der Waals surface area contributed by atoms with Crippen LogP contribution in [0.3, 0.4) is 0 Å². The second-order valence-corrected chi connectivity index (χ2v) is 7.53. The molecule has 2 rings (SSSR count). The topological polar surface area (TPSA) is 31.4 Å². The molecule has 1 N–H and O–H groups in total. The number of hydrogen-bond donors (Lipinski definition) is 1. The first-order valence-electron chi connectivity index (χ1n) is 7.57. The molecule has 1 fully saturated rings. The highest BCUT2D eigenvalue weighted by Crippen LogP contribution is 2.34. The molecule has 1 aromatic rings. The SMILES string of the molecule is CCN1CCN(c2nc(C(C)(C)C)c(CNC)s2)CC1. The van der Waals surface area contributed by atoms with E-state index in [2.05, 4.69) is 42.8 Å². The van der Waals surface area contributed by atoms with E-state index in [1.165, 1.54) is 15.7 Å². The lowest BCUT2D eigenvalue weighted by atomic mass is 9.91. The van der Waals surface area contributed by atoms with Crippen LogP contribution >= 0.6 is 11.3 Å². The average Bonchev–Trinajstić information content (AvgIpc) is 2.83. The molecular formula is C15H28N4S. The zero-order chi connectivity index (χ0) is 14.8. The van der Waals surface area contributed by atoms with Crippen molar-refractivity contribution in [3.63, 3.8) is 0 Å². The van der Waals surface area contributed by atoms with Gasteiger partial charge in [-0.15, -0.1) is 11.3 Å². The van der Waals surface area contributed by atoms with Crippen LogP contribution < -0.4 is 10.2 Å². The maximum absolute atomic E-state index is 4.96. The van der Waals surface area contributed by atoms with E-state index in [9.17, 15) is 0 Å². The van der Waals surface area contributed by atoms with E-state index >= 15 is 0 Å². The van der Waals surface area contributed by atoms with Gasteiger partial charge in [0.1, 0.15) is 0 Å². The van der Waals surface area contributed by atoms with E-state index in [0.29, 0.717) is 0 Å². The summed E-state index contributed by atoms with van der Waals surface area (Å²) in [6, 6.07) is 0. The van der Waals surface area contributed by atoms with Crippen LogP contribution in [0, 0.1) is 0 Å². The lowest BCUT2D eigenvalue weighted by Crippen LogP contribution is -2.46. The summed E-state index contributed by atoms with van der Waals surface area (Å²) in [5.41, 5.74) is 1.37. The molecule has 2 heterocycles. The van der Waals surface area contributed by atoms with Gasteiger partial charge in [-0.25, -0.2) is 4.98 Å². The van der Waals surface area contributed by atoms with Gasteiger partial charge in [0, 0.05) is 43.0 Å². The summed E-state index contributed by atoms with van der Waals surface area (Å²) in [6.07, 6.45) is 0. The van der Waals surface area contributed by atoms with Crippen LogP contribution in [0.4, 0.5) is 5.13 Å². The molecule has 0 aliphatic carbocycles. The van der Waals surface area contributed by atoms with Gasteiger partial charge in [-0.3, -0.25) is 0 Å². The lowest BCUT2D eigenvalue weighted by molar-refractivity contribution is 0.271. The van der Waals surface area contributed by atoms with Crippen molar-refractivity contribution in [2.45, 2.75) is 39.7 Å². The van der Waals surface area contributed by atoms with Gasteiger partial charge in [-0.1, -0.05) is 27.7 Å². The number of rotatable bonds is 4. The molecule has 20 heavy (non-hydrogen) atoms. The fraction of sp³-hybridized carbons (Fsp3) is 0.800. The molecule has 4 nitrogen and oxygen atoms in total. The van der Waals surface area contributed by atoms with Gasteiger partial charge in [-0.2, -0.15) is 0 Å². The second-order valence-electron chi connectivity index (χ2n) is 6.47. The molecule has 0 amide bonds. The zero-order valence-corrected chi connectivity index (χ0v) is 14.3. The van der Waals surface area contributed by atoms with Gasteiger partial charge in [-0.05, 0) is 13.6 Å². The quantitative estimate of drug-likeness (QED) is 0.924. The number of thiazole rings is 1. The summed E-state index contributed by atoms with van der Waals surface area (Å²) >= 11 is 1.86. The maximum Gasteiger partial charge on any atom is 0.185 e. The summed E-state index contributed by atoms with van der Waals surface area (Å²) in [5.74, 6) is 0. The third kappa shape index (κ3) is 3.51. The second kappa shape index (κ2) is 6.41. The summed E-state index contributed by atoms with van der Waals surface area (Å²) in [7, 11) is 2.01. The number of hydrogen-bond acceptors (Lipinski definition) is 5. The van der Waals surface area contributed by atoms with E-state index in [1.807, 2.05) is 18.4 Å². The highest BCUT2D eigenvalue weighted by atomic mass is 32.1. The third-order valence-electron chi connectivity index (χ3n) is 3.82. The van der Waals surface area contributed by atoms with Crippen LogP contribution in [0.2, 0.25) is 0 Å². The number of piperazine rings is 1. The average molecular weight is 296 g/mol. The van der Waals surface area contributed by atoms with Crippen LogP contribution in [0.15, 0.2) is 0 Å². The van der Waals surface area contributed by atoms with Crippen molar-refractivity contribution in [2.75, 3.05) is 44.7 Å². The molecule has 1 aromatic heterocycles. The largest absolute Gasteiger partial charge is 0.346 e. The molecule has 0 spiro atoms. The highest BCUT2D eigenvalue weighted by Gasteiger charge is 2.26. The van der Waals surface area contributed by atoms with Gasteiger partial charge in [0.05, 0.1) is 5.69 Å². The molecule has 114 valence electrons. The van der Waals surface area contributed by atoms with E-state index in [-0.39, 0.29) is 5.41 Å². The predicted octanol–water partition coefficient (Wildman–Crippen LogP) is 2.30. The first-order chi connectivity index (χ1) is 9.45. The maximum atomic E-state index is 4.96. The fourth-order valence-electron chi connectivity index (χ4n) is 2.60. The Labute approximate surface area is 127 Å². The molecule has 1 saturated heterocycles. The van der Waals surface area contributed by atoms with Gasteiger partial charge < -0.3 is 15.1 Å². The van der Waals surface area contributed by atoms with Crippen LogP contribution in [0.5, 0.6) is 0 Å². The number of nitrogens with one attached hydrogen (secondary N) is 1. The molecule has 0 aromatic carbocycles. The van der Waals surface area contributed by atoms with Crippen molar-refractivity contribution in [3.05, 3.63) is 10.6 Å². The summed E-state index contributed by atoms with van der Waals surface area (Å²) in [4.78, 5) is 11.3. The molecule has 0 bridgehead atoms. The zero-order valence-electron chi connectivity index (χ0n) is 13.5. The molecule has 5 heteroatoms. The van der Waals surface area contributed by atoms with Crippen molar-refractivity contribution >= 4 is 16.5 Å². The number of likely N-dealkylation sites (N-methyl/N-ethyl adjacent to an activating group) is 1. The Bertz CT molecular complexity index is 428.